The molecule has 0 bridgehead atoms. The van der Waals surface area contributed by atoms with E-state index in [1.807, 2.05) is 0 Å². The molecule has 0 spiro atoms. The Kier molecular flexibility index (Phi) is 3.51. The Balaban J connectivity index is 2.37. The molecule has 4 heteroatoms. The molecule has 0 saturated heterocycles. The Labute approximate surface area is 98.3 Å². The Morgan fingerprint density at radius 2 is 2.31 bits per heavy atom. The summed E-state index contributed by atoms with van der Waals surface area (Å²) in [6, 6.07) is 4.74. The normalized spacial score (nSPS) is 13.2. The number of halogens is 1. The molecule has 2 N–H and O–H groups in total. The molecule has 0 radical (unpaired) electrons. The van der Waals surface area contributed by atoms with Crippen LogP contribution in [0.25, 0.3) is 10.2 Å². The fourth-order valence-electron chi connectivity index (χ4n) is 1.78. The number of nitrogens with two attached hydrogens (primary N) is 1. The van der Waals surface area contributed by atoms with Crippen LogP contribution in [0.4, 0.5) is 4.39 Å². The van der Waals surface area contributed by atoms with Crippen molar-refractivity contribution in [3.63, 3.8) is 0 Å². The van der Waals surface area contributed by atoms with Gasteiger partial charge in [0.05, 0.1) is 15.2 Å². The Hall–Kier alpha value is -1.00. The largest absolute Gasteiger partial charge is 0.330 e. The van der Waals surface area contributed by atoms with Gasteiger partial charge in [0.15, 0.2) is 0 Å². The fourth-order valence-corrected chi connectivity index (χ4v) is 2.88. The molecule has 1 aromatic heterocycles. The zero-order valence-electron chi connectivity index (χ0n) is 9.24. The molecular formula is C12H15FN2S. The standard InChI is InChI=1S/C12H15FN2S/c1-2-3-8(7-14)12-15-10-6-9(13)4-5-11(10)16-12/h4-6,8H,2-3,7,14H2,1H3. The van der Waals surface area contributed by atoms with Crippen molar-refractivity contribution in [3.8, 4) is 0 Å². The molecule has 16 heavy (non-hydrogen) atoms. The van der Waals surface area contributed by atoms with Crippen LogP contribution in [0.15, 0.2) is 18.2 Å². The quantitative estimate of drug-likeness (QED) is 0.887. The summed E-state index contributed by atoms with van der Waals surface area (Å²) in [6.45, 7) is 2.74. The van der Waals surface area contributed by atoms with E-state index >= 15 is 0 Å². The Bertz CT molecular complexity index is 481. The Morgan fingerprint density at radius 3 is 3.00 bits per heavy atom. The molecule has 0 aliphatic heterocycles. The van der Waals surface area contributed by atoms with Crippen molar-refractivity contribution in [2.75, 3.05) is 6.54 Å². The third kappa shape index (κ3) is 2.23. The fraction of sp³-hybridized carbons (Fsp3) is 0.417. The first-order valence-corrected chi connectivity index (χ1v) is 6.32. The summed E-state index contributed by atoms with van der Waals surface area (Å²) in [7, 11) is 0. The van der Waals surface area contributed by atoms with E-state index in [0.29, 0.717) is 12.5 Å². The number of hydrogen-bond donors (Lipinski definition) is 1. The molecule has 1 unspecified atom stereocenters. The predicted molar refractivity (Wildman–Crippen MR) is 66.3 cm³/mol. The van der Waals surface area contributed by atoms with Gasteiger partial charge in [-0.25, -0.2) is 9.37 Å². The average molecular weight is 238 g/mol. The van der Waals surface area contributed by atoms with E-state index in [9.17, 15) is 4.39 Å². The summed E-state index contributed by atoms with van der Waals surface area (Å²) in [5.41, 5.74) is 6.48. The number of nitrogens with zero attached hydrogens (tertiary/aromatic N) is 1. The van der Waals surface area contributed by atoms with E-state index in [0.717, 1.165) is 28.1 Å². The smallest absolute Gasteiger partial charge is 0.125 e. The molecule has 0 aliphatic carbocycles. The molecule has 2 aromatic rings. The van der Waals surface area contributed by atoms with Crippen molar-refractivity contribution < 1.29 is 4.39 Å². The maximum atomic E-state index is 13.0. The molecule has 1 atom stereocenters. The summed E-state index contributed by atoms with van der Waals surface area (Å²) in [6.07, 6.45) is 2.13. The summed E-state index contributed by atoms with van der Waals surface area (Å²) in [5, 5.41) is 1.03. The summed E-state index contributed by atoms with van der Waals surface area (Å²) in [4.78, 5) is 4.46. The van der Waals surface area contributed by atoms with Gasteiger partial charge in [-0.05, 0) is 18.6 Å². The van der Waals surface area contributed by atoms with Crippen LogP contribution in [0.1, 0.15) is 30.7 Å². The van der Waals surface area contributed by atoms with E-state index in [1.54, 1.807) is 17.4 Å². The van der Waals surface area contributed by atoms with Crippen LogP contribution in [0.5, 0.6) is 0 Å². The minimum atomic E-state index is -0.232. The lowest BCUT2D eigenvalue weighted by Gasteiger charge is -2.08. The molecular weight excluding hydrogens is 223 g/mol. The molecule has 1 heterocycles. The van der Waals surface area contributed by atoms with Crippen LogP contribution in [-0.4, -0.2) is 11.5 Å². The molecule has 0 amide bonds. The molecule has 2 nitrogen and oxygen atoms in total. The van der Waals surface area contributed by atoms with Gasteiger partial charge in [-0.3, -0.25) is 0 Å². The first-order chi connectivity index (χ1) is 7.74. The zero-order chi connectivity index (χ0) is 11.5. The van der Waals surface area contributed by atoms with E-state index in [4.69, 9.17) is 5.73 Å². The maximum absolute atomic E-state index is 13.0. The van der Waals surface area contributed by atoms with Crippen LogP contribution in [0.3, 0.4) is 0 Å². The van der Waals surface area contributed by atoms with Crippen molar-refractivity contribution in [3.05, 3.63) is 29.0 Å². The highest BCUT2D eigenvalue weighted by Gasteiger charge is 2.14. The van der Waals surface area contributed by atoms with Gasteiger partial charge in [0.2, 0.25) is 0 Å². The maximum Gasteiger partial charge on any atom is 0.125 e. The van der Waals surface area contributed by atoms with Gasteiger partial charge < -0.3 is 5.73 Å². The molecule has 1 aromatic carbocycles. The minimum Gasteiger partial charge on any atom is -0.330 e. The summed E-state index contributed by atoms with van der Waals surface area (Å²) < 4.78 is 14.1. The van der Waals surface area contributed by atoms with E-state index < -0.39 is 0 Å². The number of aromatic nitrogens is 1. The van der Waals surface area contributed by atoms with Gasteiger partial charge in [-0.2, -0.15) is 0 Å². The van der Waals surface area contributed by atoms with E-state index in [-0.39, 0.29) is 5.82 Å². The van der Waals surface area contributed by atoms with Crippen molar-refractivity contribution in [2.24, 2.45) is 5.73 Å². The average Bonchev–Trinajstić information content (AvgIpc) is 2.68. The SMILES string of the molecule is CCCC(CN)c1nc2cc(F)ccc2s1. The van der Waals surface area contributed by atoms with Crippen molar-refractivity contribution in [1.82, 2.24) is 4.98 Å². The van der Waals surface area contributed by atoms with E-state index in [1.165, 1.54) is 12.1 Å². The molecule has 0 fully saturated rings. The number of fused-ring (bicyclic) bond motifs is 1. The van der Waals surface area contributed by atoms with Crippen LogP contribution in [0.2, 0.25) is 0 Å². The van der Waals surface area contributed by atoms with Crippen LogP contribution in [-0.2, 0) is 0 Å². The topological polar surface area (TPSA) is 38.9 Å². The number of rotatable bonds is 4. The molecule has 0 saturated carbocycles. The highest BCUT2D eigenvalue weighted by Crippen LogP contribution is 2.29. The molecule has 0 aliphatic rings. The van der Waals surface area contributed by atoms with Crippen molar-refractivity contribution in [2.45, 2.75) is 25.7 Å². The monoisotopic (exact) mass is 238 g/mol. The Morgan fingerprint density at radius 1 is 1.50 bits per heavy atom. The van der Waals surface area contributed by atoms with Gasteiger partial charge in [-0.1, -0.05) is 13.3 Å². The van der Waals surface area contributed by atoms with Gasteiger partial charge in [0, 0.05) is 18.5 Å². The lowest BCUT2D eigenvalue weighted by molar-refractivity contribution is 0.619. The first-order valence-electron chi connectivity index (χ1n) is 5.50. The summed E-state index contributed by atoms with van der Waals surface area (Å²) in [5.74, 6) is 0.0783. The molecule has 2 rings (SSSR count). The zero-order valence-corrected chi connectivity index (χ0v) is 10.1. The first kappa shape index (κ1) is 11.5. The number of thiazole rings is 1. The van der Waals surface area contributed by atoms with Crippen LogP contribution >= 0.6 is 11.3 Å². The van der Waals surface area contributed by atoms with Gasteiger partial charge in [0.1, 0.15) is 5.82 Å². The third-order valence-corrected chi connectivity index (χ3v) is 3.84. The van der Waals surface area contributed by atoms with E-state index in [2.05, 4.69) is 11.9 Å². The second-order valence-corrected chi connectivity index (χ2v) is 4.95. The predicted octanol–water partition coefficient (Wildman–Crippen LogP) is 3.28. The molecule has 86 valence electrons. The lowest BCUT2D eigenvalue weighted by atomic mass is 10.1. The second-order valence-electron chi connectivity index (χ2n) is 3.89. The number of hydrogen-bond acceptors (Lipinski definition) is 3. The highest BCUT2D eigenvalue weighted by molar-refractivity contribution is 7.18. The summed E-state index contributed by atoms with van der Waals surface area (Å²) >= 11 is 1.62. The number of benzene rings is 1. The lowest BCUT2D eigenvalue weighted by Crippen LogP contribution is -2.11. The third-order valence-electron chi connectivity index (χ3n) is 2.64. The van der Waals surface area contributed by atoms with Gasteiger partial charge in [-0.15, -0.1) is 11.3 Å². The van der Waals surface area contributed by atoms with Crippen LogP contribution < -0.4 is 5.73 Å². The van der Waals surface area contributed by atoms with Crippen LogP contribution in [0, 0.1) is 5.82 Å². The second kappa shape index (κ2) is 4.89. The minimum absolute atomic E-state index is 0.232. The highest BCUT2D eigenvalue weighted by atomic mass is 32.1. The van der Waals surface area contributed by atoms with Crippen molar-refractivity contribution >= 4 is 21.6 Å². The van der Waals surface area contributed by atoms with Crippen molar-refractivity contribution in [1.29, 1.82) is 0 Å². The van der Waals surface area contributed by atoms with Gasteiger partial charge in [0.25, 0.3) is 0 Å². The van der Waals surface area contributed by atoms with Gasteiger partial charge >= 0.3 is 0 Å².